The molecule has 1 atom stereocenters. The number of pyridine rings is 1. The molecule has 0 fully saturated rings. The fraction of sp³-hybridized carbons (Fsp3) is 0.269. The Morgan fingerprint density at radius 2 is 2.03 bits per heavy atom. The number of aryl methyl sites for hydroxylation is 1. The van der Waals surface area contributed by atoms with Crippen LogP contribution in [0, 0.1) is 0 Å². The molecule has 7 nitrogen and oxygen atoms in total. The first-order chi connectivity index (χ1) is 16.2. The van der Waals surface area contributed by atoms with E-state index in [0.717, 1.165) is 65.0 Å². The molecule has 5 rings (SSSR count). The van der Waals surface area contributed by atoms with Gasteiger partial charge in [-0.3, -0.25) is 9.88 Å². The first-order valence-corrected chi connectivity index (χ1v) is 11.4. The number of hydrogen-bond acceptors (Lipinski definition) is 6. The van der Waals surface area contributed by atoms with Gasteiger partial charge in [0, 0.05) is 19.3 Å². The fourth-order valence-electron chi connectivity index (χ4n) is 4.85. The third-order valence-electron chi connectivity index (χ3n) is 6.43. The van der Waals surface area contributed by atoms with Crippen LogP contribution in [0.5, 0.6) is 0 Å². The summed E-state index contributed by atoms with van der Waals surface area (Å²) in [5.41, 5.74) is 13.6. The van der Waals surface area contributed by atoms with Crippen LogP contribution in [0.3, 0.4) is 0 Å². The summed E-state index contributed by atoms with van der Waals surface area (Å²) in [6.07, 6.45) is 6.58. The Hall–Kier alpha value is -3.55. The van der Waals surface area contributed by atoms with Gasteiger partial charge in [0.2, 0.25) is 0 Å². The minimum absolute atomic E-state index is 0.201. The topological polar surface area (TPSA) is 103 Å². The number of para-hydroxylation sites is 2. The highest BCUT2D eigenvalue weighted by Crippen LogP contribution is 2.35. The summed E-state index contributed by atoms with van der Waals surface area (Å²) in [6.45, 7) is 1.82. The Kier molecular flexibility index (Phi) is 6.15. The molecule has 1 aliphatic carbocycles. The van der Waals surface area contributed by atoms with Crippen LogP contribution < -0.4 is 5.73 Å². The monoisotopic (exact) mass is 440 g/mol. The number of oxime groups is 1. The molecule has 4 aromatic rings. The third-order valence-corrected chi connectivity index (χ3v) is 6.43. The molecule has 0 bridgehead atoms. The lowest BCUT2D eigenvalue weighted by Gasteiger charge is -2.35. The number of benzene rings is 2. The lowest BCUT2D eigenvalue weighted by Crippen LogP contribution is -2.32. The van der Waals surface area contributed by atoms with E-state index in [0.29, 0.717) is 13.1 Å². The second-order valence-electron chi connectivity index (χ2n) is 8.54. The molecular formula is C26H28N6O. The maximum absolute atomic E-state index is 8.90. The number of H-pyrrole nitrogens is 1. The maximum Gasteiger partial charge on any atom is 0.121 e. The van der Waals surface area contributed by atoms with E-state index in [-0.39, 0.29) is 6.04 Å². The zero-order valence-electron chi connectivity index (χ0n) is 18.5. The quantitative estimate of drug-likeness (QED) is 0.226. The van der Waals surface area contributed by atoms with Gasteiger partial charge in [-0.1, -0.05) is 35.5 Å². The normalized spacial score (nSPS) is 16.0. The second-order valence-corrected chi connectivity index (χ2v) is 8.54. The van der Waals surface area contributed by atoms with Gasteiger partial charge in [0.1, 0.15) is 5.82 Å². The van der Waals surface area contributed by atoms with Crippen molar-refractivity contribution >= 4 is 17.2 Å². The van der Waals surface area contributed by atoms with Crippen LogP contribution in [-0.4, -0.2) is 31.3 Å². The molecule has 1 aliphatic rings. The highest BCUT2D eigenvalue weighted by atomic mass is 16.4. The van der Waals surface area contributed by atoms with Gasteiger partial charge in [-0.2, -0.15) is 0 Å². The van der Waals surface area contributed by atoms with Crippen molar-refractivity contribution in [2.75, 3.05) is 0 Å². The Bertz CT molecular complexity index is 1250. The zero-order valence-corrected chi connectivity index (χ0v) is 18.5. The number of imidazole rings is 1. The second kappa shape index (κ2) is 9.52. The van der Waals surface area contributed by atoms with Crippen molar-refractivity contribution < 1.29 is 5.21 Å². The maximum atomic E-state index is 8.90. The highest BCUT2D eigenvalue weighted by molar-refractivity contribution is 5.79. The SMILES string of the molecule is NCc1cc(/C=N/O)ccc1CN(Cc1nc2ccccc2[nH]1)C1CCCc2cccnc21. The van der Waals surface area contributed by atoms with Gasteiger partial charge >= 0.3 is 0 Å². The Morgan fingerprint density at radius 1 is 1.12 bits per heavy atom. The van der Waals surface area contributed by atoms with Crippen LogP contribution >= 0.6 is 0 Å². The standard InChI is InChI=1S/C26H28N6O/c27-14-21-13-18(15-29-33)10-11-20(21)16-32(17-25-30-22-7-1-2-8-23(22)31-25)24-9-3-5-19-6-4-12-28-26(19)24/h1-2,4,6-8,10-13,15,24,33H,3,5,9,14,16-17,27H2,(H,30,31)/b29-15+. The molecule has 0 saturated heterocycles. The minimum Gasteiger partial charge on any atom is -0.411 e. The predicted octanol–water partition coefficient (Wildman–Crippen LogP) is 4.30. The third kappa shape index (κ3) is 4.51. The molecule has 0 radical (unpaired) electrons. The molecule has 0 aliphatic heterocycles. The van der Waals surface area contributed by atoms with E-state index >= 15 is 0 Å². The van der Waals surface area contributed by atoms with Crippen LogP contribution in [0.1, 0.15) is 52.7 Å². The molecule has 2 heterocycles. The van der Waals surface area contributed by atoms with Gasteiger partial charge in [0.25, 0.3) is 0 Å². The van der Waals surface area contributed by atoms with Crippen LogP contribution in [0.15, 0.2) is 65.9 Å². The van der Waals surface area contributed by atoms with Crippen molar-refractivity contribution in [1.82, 2.24) is 19.9 Å². The van der Waals surface area contributed by atoms with Crippen LogP contribution in [0.4, 0.5) is 0 Å². The summed E-state index contributed by atoms with van der Waals surface area (Å²) >= 11 is 0. The van der Waals surface area contributed by atoms with E-state index in [4.69, 9.17) is 20.9 Å². The number of rotatable bonds is 7. The molecule has 168 valence electrons. The smallest absolute Gasteiger partial charge is 0.121 e. The molecule has 2 aromatic heterocycles. The summed E-state index contributed by atoms with van der Waals surface area (Å²) < 4.78 is 0. The lowest BCUT2D eigenvalue weighted by atomic mass is 9.90. The van der Waals surface area contributed by atoms with Gasteiger partial charge in [-0.25, -0.2) is 4.98 Å². The largest absolute Gasteiger partial charge is 0.411 e. The molecule has 2 aromatic carbocycles. The van der Waals surface area contributed by atoms with E-state index in [2.05, 4.69) is 33.2 Å². The lowest BCUT2D eigenvalue weighted by molar-refractivity contribution is 0.153. The fourth-order valence-corrected chi connectivity index (χ4v) is 4.85. The van der Waals surface area contributed by atoms with E-state index in [9.17, 15) is 0 Å². The predicted molar refractivity (Wildman–Crippen MR) is 129 cm³/mol. The summed E-state index contributed by atoms with van der Waals surface area (Å²) in [4.78, 5) is 15.6. The zero-order chi connectivity index (χ0) is 22.6. The van der Waals surface area contributed by atoms with Crippen molar-refractivity contribution in [3.63, 3.8) is 0 Å². The summed E-state index contributed by atoms with van der Waals surface area (Å²) in [5, 5.41) is 12.0. The Labute approximate surface area is 193 Å². The van der Waals surface area contributed by atoms with Gasteiger partial charge in [-0.15, -0.1) is 0 Å². The number of aromatic amines is 1. The van der Waals surface area contributed by atoms with Gasteiger partial charge in [0.15, 0.2) is 0 Å². The van der Waals surface area contributed by atoms with Gasteiger partial charge in [-0.05, 0) is 65.8 Å². The van der Waals surface area contributed by atoms with Crippen molar-refractivity contribution in [3.8, 4) is 0 Å². The van der Waals surface area contributed by atoms with E-state index in [1.165, 1.54) is 11.8 Å². The van der Waals surface area contributed by atoms with Crippen LogP contribution in [0.25, 0.3) is 11.0 Å². The molecule has 4 N–H and O–H groups in total. The number of fused-ring (bicyclic) bond motifs is 2. The van der Waals surface area contributed by atoms with Crippen LogP contribution in [0.2, 0.25) is 0 Å². The number of nitrogens with two attached hydrogens (primary N) is 1. The summed E-state index contributed by atoms with van der Waals surface area (Å²) in [5.74, 6) is 0.942. The van der Waals surface area contributed by atoms with Crippen molar-refractivity contribution in [1.29, 1.82) is 0 Å². The summed E-state index contributed by atoms with van der Waals surface area (Å²) in [6, 6.07) is 18.6. The van der Waals surface area contributed by atoms with Gasteiger partial charge in [0.05, 0.1) is 35.5 Å². The number of hydrogen-bond donors (Lipinski definition) is 3. The Morgan fingerprint density at radius 3 is 2.88 bits per heavy atom. The molecule has 33 heavy (non-hydrogen) atoms. The van der Waals surface area contributed by atoms with Gasteiger partial charge < -0.3 is 15.9 Å². The molecule has 1 unspecified atom stereocenters. The van der Waals surface area contributed by atoms with Crippen molar-refractivity contribution in [3.05, 3.63) is 94.6 Å². The molecule has 7 heteroatoms. The molecular weight excluding hydrogens is 412 g/mol. The number of nitrogens with zero attached hydrogens (tertiary/aromatic N) is 4. The number of nitrogens with one attached hydrogen (secondary N) is 1. The van der Waals surface area contributed by atoms with Crippen LogP contribution in [-0.2, 0) is 26.1 Å². The highest BCUT2D eigenvalue weighted by Gasteiger charge is 2.28. The Balaban J connectivity index is 1.52. The van der Waals surface area contributed by atoms with E-state index < -0.39 is 0 Å². The van der Waals surface area contributed by atoms with E-state index in [1.807, 2.05) is 42.6 Å². The van der Waals surface area contributed by atoms with Crippen molar-refractivity contribution in [2.45, 2.75) is 44.9 Å². The van der Waals surface area contributed by atoms with Crippen molar-refractivity contribution in [2.24, 2.45) is 10.9 Å². The number of aromatic nitrogens is 3. The average molecular weight is 441 g/mol. The van der Waals surface area contributed by atoms with E-state index in [1.54, 1.807) is 0 Å². The summed E-state index contributed by atoms with van der Waals surface area (Å²) in [7, 11) is 0. The first kappa shape index (κ1) is 21.3. The average Bonchev–Trinajstić information content (AvgIpc) is 3.27. The molecule has 0 spiro atoms. The molecule has 0 saturated carbocycles. The minimum atomic E-state index is 0.201. The molecule has 0 amide bonds. The first-order valence-electron chi connectivity index (χ1n) is 11.4.